The Bertz CT molecular complexity index is 155. The number of hydrogen-bond acceptors (Lipinski definition) is 0. The highest BCUT2D eigenvalue weighted by Crippen LogP contribution is 2.20. The average molecular weight is 196 g/mol. The van der Waals surface area contributed by atoms with Gasteiger partial charge in [0.05, 0.1) is 0 Å². The minimum atomic E-state index is 0.788. The summed E-state index contributed by atoms with van der Waals surface area (Å²) in [6, 6.07) is 0. The van der Waals surface area contributed by atoms with E-state index < -0.39 is 0 Å². The minimum Gasteiger partial charge on any atom is -0.0854 e. The molecule has 2 atom stereocenters. The fourth-order valence-electron chi connectivity index (χ4n) is 1.54. The highest BCUT2D eigenvalue weighted by atomic mass is 14.1. The number of unbranched alkanes of at least 4 members (excludes halogenated alkanes) is 1. The highest BCUT2D eigenvalue weighted by Gasteiger charge is 2.06. The number of allylic oxidation sites excluding steroid dienone is 2. The van der Waals surface area contributed by atoms with Crippen molar-refractivity contribution < 1.29 is 0 Å². The van der Waals surface area contributed by atoms with Gasteiger partial charge in [-0.15, -0.1) is 0 Å². The van der Waals surface area contributed by atoms with Crippen LogP contribution in [0, 0.1) is 11.8 Å². The van der Waals surface area contributed by atoms with Gasteiger partial charge in [0.1, 0.15) is 0 Å². The maximum atomic E-state index is 2.42. The van der Waals surface area contributed by atoms with Crippen LogP contribution >= 0.6 is 0 Å². The lowest BCUT2D eigenvalue weighted by Crippen LogP contribution is -2.00. The van der Waals surface area contributed by atoms with Gasteiger partial charge in [0.15, 0.2) is 0 Å². The normalized spacial score (nSPS) is 16.8. The van der Waals surface area contributed by atoms with Crippen molar-refractivity contribution in [3.63, 3.8) is 0 Å². The molecule has 0 aromatic rings. The largest absolute Gasteiger partial charge is 0.0854 e. The maximum Gasteiger partial charge on any atom is -0.0234 e. The zero-order valence-electron chi connectivity index (χ0n) is 10.8. The van der Waals surface area contributed by atoms with Gasteiger partial charge in [-0.1, -0.05) is 58.6 Å². The summed E-state index contributed by atoms with van der Waals surface area (Å²) in [4.78, 5) is 0. The van der Waals surface area contributed by atoms with Crippen LogP contribution in [0.1, 0.15) is 66.7 Å². The molecular formula is C14H28. The molecule has 0 aliphatic heterocycles. The van der Waals surface area contributed by atoms with Crippen LogP contribution in [0.5, 0.6) is 0 Å². The zero-order chi connectivity index (χ0) is 11.0. The molecule has 0 bridgehead atoms. The second-order valence-corrected chi connectivity index (χ2v) is 4.73. The summed E-state index contributed by atoms with van der Waals surface area (Å²) in [7, 11) is 0. The summed E-state index contributed by atoms with van der Waals surface area (Å²) in [6.07, 6.45) is 9.01. The van der Waals surface area contributed by atoms with E-state index in [2.05, 4.69) is 40.7 Å². The van der Waals surface area contributed by atoms with E-state index in [0.29, 0.717) is 0 Å². The van der Waals surface area contributed by atoms with Gasteiger partial charge >= 0.3 is 0 Å². The van der Waals surface area contributed by atoms with Crippen LogP contribution < -0.4 is 0 Å². The van der Waals surface area contributed by atoms with Crippen LogP contribution in [0.2, 0.25) is 0 Å². The lowest BCUT2D eigenvalue weighted by molar-refractivity contribution is 0.450. The molecule has 0 aromatic heterocycles. The Hall–Kier alpha value is -0.260. The third-order valence-electron chi connectivity index (χ3n) is 3.32. The molecule has 0 heterocycles. The van der Waals surface area contributed by atoms with Gasteiger partial charge in [0.25, 0.3) is 0 Å². The maximum absolute atomic E-state index is 2.42. The predicted octanol–water partition coefficient (Wildman–Crippen LogP) is 5.20. The first-order valence-corrected chi connectivity index (χ1v) is 6.28. The third kappa shape index (κ3) is 6.23. The topological polar surface area (TPSA) is 0 Å². The molecule has 0 heteroatoms. The van der Waals surface area contributed by atoms with Gasteiger partial charge in [-0.2, -0.15) is 0 Å². The van der Waals surface area contributed by atoms with E-state index >= 15 is 0 Å². The molecule has 0 rings (SSSR count). The van der Waals surface area contributed by atoms with Gasteiger partial charge in [-0.25, -0.2) is 0 Å². The monoisotopic (exact) mass is 196 g/mol. The van der Waals surface area contributed by atoms with Crippen LogP contribution in [0.4, 0.5) is 0 Å². The first-order valence-electron chi connectivity index (χ1n) is 6.28. The second kappa shape index (κ2) is 8.08. The Labute approximate surface area is 90.8 Å². The molecule has 0 amide bonds. The van der Waals surface area contributed by atoms with Crippen molar-refractivity contribution in [1.29, 1.82) is 0 Å². The zero-order valence-corrected chi connectivity index (χ0v) is 10.8. The SMILES string of the molecule is CCCC=C(C)C(C)CCC(C)CC. The van der Waals surface area contributed by atoms with Crippen molar-refractivity contribution in [2.45, 2.75) is 66.7 Å². The minimum absolute atomic E-state index is 0.788. The van der Waals surface area contributed by atoms with Gasteiger partial charge in [0.2, 0.25) is 0 Å². The lowest BCUT2D eigenvalue weighted by Gasteiger charge is -2.15. The standard InChI is InChI=1S/C14H28/c1-6-8-9-13(4)14(5)11-10-12(3)7-2/h9,12,14H,6-8,10-11H2,1-5H3. The van der Waals surface area contributed by atoms with Gasteiger partial charge < -0.3 is 0 Å². The predicted molar refractivity (Wildman–Crippen MR) is 66.5 cm³/mol. The van der Waals surface area contributed by atoms with Crippen molar-refractivity contribution in [2.24, 2.45) is 11.8 Å². The Morgan fingerprint density at radius 2 is 1.79 bits per heavy atom. The molecule has 14 heavy (non-hydrogen) atoms. The molecule has 84 valence electrons. The Kier molecular flexibility index (Phi) is 7.93. The molecule has 0 saturated carbocycles. The van der Waals surface area contributed by atoms with Crippen molar-refractivity contribution in [2.75, 3.05) is 0 Å². The second-order valence-electron chi connectivity index (χ2n) is 4.73. The molecule has 2 unspecified atom stereocenters. The van der Waals surface area contributed by atoms with E-state index in [0.717, 1.165) is 11.8 Å². The fraction of sp³-hybridized carbons (Fsp3) is 0.857. The molecular weight excluding hydrogens is 168 g/mol. The van der Waals surface area contributed by atoms with Crippen LogP contribution in [-0.2, 0) is 0 Å². The Balaban J connectivity index is 3.77. The van der Waals surface area contributed by atoms with Gasteiger partial charge in [0, 0.05) is 0 Å². The van der Waals surface area contributed by atoms with E-state index in [9.17, 15) is 0 Å². The molecule has 0 radical (unpaired) electrons. The molecule has 0 N–H and O–H groups in total. The first-order chi connectivity index (χ1) is 6.61. The van der Waals surface area contributed by atoms with E-state index in [1.54, 1.807) is 5.57 Å². The Morgan fingerprint density at radius 1 is 1.14 bits per heavy atom. The lowest BCUT2D eigenvalue weighted by atomic mass is 9.91. The van der Waals surface area contributed by atoms with Crippen LogP contribution in [-0.4, -0.2) is 0 Å². The van der Waals surface area contributed by atoms with E-state index in [-0.39, 0.29) is 0 Å². The number of rotatable bonds is 7. The highest BCUT2D eigenvalue weighted by molar-refractivity contribution is 5.01. The average Bonchev–Trinajstić information content (AvgIpc) is 2.21. The van der Waals surface area contributed by atoms with Gasteiger partial charge in [-0.05, 0) is 31.6 Å². The molecule has 0 saturated heterocycles. The summed E-state index contributed by atoms with van der Waals surface area (Å²) in [5, 5.41) is 0. The summed E-state index contributed by atoms with van der Waals surface area (Å²) >= 11 is 0. The molecule has 0 aliphatic carbocycles. The van der Waals surface area contributed by atoms with Crippen LogP contribution in [0.15, 0.2) is 11.6 Å². The van der Waals surface area contributed by atoms with Crippen molar-refractivity contribution in [3.8, 4) is 0 Å². The smallest absolute Gasteiger partial charge is 0.0234 e. The Morgan fingerprint density at radius 3 is 2.29 bits per heavy atom. The van der Waals surface area contributed by atoms with Crippen LogP contribution in [0.3, 0.4) is 0 Å². The van der Waals surface area contributed by atoms with Crippen molar-refractivity contribution in [3.05, 3.63) is 11.6 Å². The van der Waals surface area contributed by atoms with E-state index in [4.69, 9.17) is 0 Å². The summed E-state index contributed by atoms with van der Waals surface area (Å²) in [5.74, 6) is 1.69. The quantitative estimate of drug-likeness (QED) is 0.491. The third-order valence-corrected chi connectivity index (χ3v) is 3.32. The van der Waals surface area contributed by atoms with Crippen molar-refractivity contribution >= 4 is 0 Å². The first kappa shape index (κ1) is 13.7. The molecule has 0 aliphatic rings. The van der Waals surface area contributed by atoms with Crippen molar-refractivity contribution in [1.82, 2.24) is 0 Å². The van der Waals surface area contributed by atoms with Gasteiger partial charge in [-0.3, -0.25) is 0 Å². The molecule has 0 spiro atoms. The molecule has 0 aromatic carbocycles. The van der Waals surface area contributed by atoms with E-state index in [1.807, 2.05) is 0 Å². The van der Waals surface area contributed by atoms with Crippen LogP contribution in [0.25, 0.3) is 0 Å². The molecule has 0 fully saturated rings. The van der Waals surface area contributed by atoms with E-state index in [1.165, 1.54) is 32.1 Å². The number of hydrogen-bond donors (Lipinski definition) is 0. The summed E-state index contributed by atoms with van der Waals surface area (Å²) in [6.45, 7) is 11.5. The summed E-state index contributed by atoms with van der Waals surface area (Å²) in [5.41, 5.74) is 1.59. The fourth-order valence-corrected chi connectivity index (χ4v) is 1.54. The summed E-state index contributed by atoms with van der Waals surface area (Å²) < 4.78 is 0. The molecule has 0 nitrogen and oxygen atoms in total.